The standard InChI is InChI=1S/C44H56O13/c1-28(46)34-19-18-32(20-33(34)26-55-43-39(49)38(48)37(47)35(21-45)56-43)22-51-27-36-40(52-23-29-12-6-3-7-13-29)41(53-24-30-14-8-4-9-15-30)42(44(50-2)57-36)54-25-31-16-10-5-11-17-31/h3-17,20,33-45,47-49H,18-19,21-27H2,1-2H3/t33-,34-,35+,36+,37-,38-,39+,40+,41-,42+,43+,44+/m0/s1. The minimum atomic E-state index is -1.57. The zero-order chi connectivity index (χ0) is 40.1. The Labute approximate surface area is 334 Å². The molecule has 0 amide bonds. The predicted molar refractivity (Wildman–Crippen MR) is 206 cm³/mol. The Morgan fingerprint density at radius 3 is 1.74 bits per heavy atom. The predicted octanol–water partition coefficient (Wildman–Crippen LogP) is 3.49. The van der Waals surface area contributed by atoms with Crippen LogP contribution in [0.4, 0.5) is 0 Å². The van der Waals surface area contributed by atoms with Gasteiger partial charge in [0.1, 0.15) is 54.6 Å². The molecule has 0 aromatic heterocycles. The molecule has 0 bridgehead atoms. The molecule has 2 heterocycles. The van der Waals surface area contributed by atoms with Crippen molar-refractivity contribution in [2.24, 2.45) is 11.8 Å². The maximum Gasteiger partial charge on any atom is 0.186 e. The topological polar surface area (TPSA) is 172 Å². The Balaban J connectivity index is 1.17. The average Bonchev–Trinajstić information content (AvgIpc) is 3.24. The average molecular weight is 793 g/mol. The molecule has 2 aliphatic heterocycles. The number of Topliss-reactive ketones (excluding diaryl/α,β-unsaturated/α-hetero) is 1. The number of ether oxygens (including phenoxy) is 8. The summed E-state index contributed by atoms with van der Waals surface area (Å²) in [5.41, 5.74) is 3.93. The molecule has 2 saturated heterocycles. The number of hydrogen-bond donors (Lipinski definition) is 4. The van der Waals surface area contributed by atoms with E-state index in [-0.39, 0.29) is 37.4 Å². The molecule has 0 unspecified atom stereocenters. The number of benzene rings is 3. The van der Waals surface area contributed by atoms with E-state index >= 15 is 0 Å². The summed E-state index contributed by atoms with van der Waals surface area (Å²) in [6.45, 7) is 2.26. The van der Waals surface area contributed by atoms with Crippen LogP contribution in [0.1, 0.15) is 36.5 Å². The smallest absolute Gasteiger partial charge is 0.186 e. The Kier molecular flexibility index (Phi) is 16.3. The molecule has 57 heavy (non-hydrogen) atoms. The summed E-state index contributed by atoms with van der Waals surface area (Å²) < 4.78 is 50.1. The van der Waals surface area contributed by atoms with E-state index < -0.39 is 68.0 Å². The fraction of sp³-hybridized carbons (Fsp3) is 0.523. The van der Waals surface area contributed by atoms with Gasteiger partial charge in [0, 0.05) is 18.9 Å². The van der Waals surface area contributed by atoms with Crippen LogP contribution in [0.5, 0.6) is 0 Å². The highest BCUT2D eigenvalue weighted by Gasteiger charge is 2.49. The van der Waals surface area contributed by atoms with Gasteiger partial charge in [0.2, 0.25) is 0 Å². The normalized spacial score (nSPS) is 31.8. The van der Waals surface area contributed by atoms with Crippen LogP contribution < -0.4 is 0 Å². The van der Waals surface area contributed by atoms with Gasteiger partial charge in [-0.25, -0.2) is 0 Å². The second kappa shape index (κ2) is 21.6. The van der Waals surface area contributed by atoms with Crippen LogP contribution in [0.2, 0.25) is 0 Å². The van der Waals surface area contributed by atoms with Crippen molar-refractivity contribution in [1.29, 1.82) is 0 Å². The van der Waals surface area contributed by atoms with Gasteiger partial charge in [-0.05, 0) is 42.0 Å². The summed E-state index contributed by atoms with van der Waals surface area (Å²) in [6, 6.07) is 29.6. The van der Waals surface area contributed by atoms with Crippen molar-refractivity contribution in [1.82, 2.24) is 0 Å². The van der Waals surface area contributed by atoms with Gasteiger partial charge in [0.15, 0.2) is 12.6 Å². The van der Waals surface area contributed by atoms with E-state index in [9.17, 15) is 25.2 Å². The Morgan fingerprint density at radius 2 is 1.19 bits per heavy atom. The second-order valence-corrected chi connectivity index (χ2v) is 14.9. The molecule has 13 heteroatoms. The van der Waals surface area contributed by atoms with E-state index in [4.69, 9.17) is 37.9 Å². The van der Waals surface area contributed by atoms with Gasteiger partial charge in [-0.3, -0.25) is 4.79 Å². The molecular formula is C44H56O13. The number of carbonyl (C=O) groups is 1. The lowest BCUT2D eigenvalue weighted by molar-refractivity contribution is -0.322. The highest BCUT2D eigenvalue weighted by Crippen LogP contribution is 2.34. The fourth-order valence-corrected chi connectivity index (χ4v) is 7.63. The quantitative estimate of drug-likeness (QED) is 0.130. The summed E-state index contributed by atoms with van der Waals surface area (Å²) in [7, 11) is 1.57. The maximum absolute atomic E-state index is 12.7. The third kappa shape index (κ3) is 11.6. The number of aliphatic hydroxyl groups is 4. The van der Waals surface area contributed by atoms with Crippen molar-refractivity contribution in [2.45, 2.75) is 101 Å². The van der Waals surface area contributed by atoms with Crippen molar-refractivity contribution in [2.75, 3.05) is 33.5 Å². The first-order valence-corrected chi connectivity index (χ1v) is 19.6. The number of ketones is 1. The lowest BCUT2D eigenvalue weighted by Gasteiger charge is -2.45. The maximum atomic E-state index is 12.7. The zero-order valence-electron chi connectivity index (χ0n) is 32.5. The number of hydrogen-bond acceptors (Lipinski definition) is 13. The highest BCUT2D eigenvalue weighted by molar-refractivity contribution is 5.79. The molecule has 6 rings (SSSR count). The van der Waals surface area contributed by atoms with Crippen molar-refractivity contribution < 1.29 is 63.1 Å². The molecule has 1 aliphatic carbocycles. The molecule has 3 aromatic carbocycles. The Bertz CT molecular complexity index is 1660. The lowest BCUT2D eigenvalue weighted by atomic mass is 9.79. The minimum Gasteiger partial charge on any atom is -0.394 e. The van der Waals surface area contributed by atoms with Crippen LogP contribution in [0.15, 0.2) is 103 Å². The summed E-state index contributed by atoms with van der Waals surface area (Å²) in [6.07, 6.45) is -7.15. The minimum absolute atomic E-state index is 0.00109. The Hall–Kier alpha value is -3.41. The molecular weight excluding hydrogens is 736 g/mol. The van der Waals surface area contributed by atoms with Crippen LogP contribution in [0, 0.1) is 11.8 Å². The van der Waals surface area contributed by atoms with Gasteiger partial charge in [0.25, 0.3) is 0 Å². The third-order valence-corrected chi connectivity index (χ3v) is 10.8. The van der Waals surface area contributed by atoms with Crippen LogP contribution >= 0.6 is 0 Å². The van der Waals surface area contributed by atoms with Gasteiger partial charge in [-0.2, -0.15) is 0 Å². The first-order valence-electron chi connectivity index (χ1n) is 19.6. The monoisotopic (exact) mass is 792 g/mol. The van der Waals surface area contributed by atoms with Crippen LogP contribution in [0.25, 0.3) is 0 Å². The molecule has 3 aliphatic rings. The molecule has 4 N–H and O–H groups in total. The van der Waals surface area contributed by atoms with Crippen molar-refractivity contribution >= 4 is 5.78 Å². The first kappa shape index (κ1) is 43.2. The molecule has 310 valence electrons. The van der Waals surface area contributed by atoms with E-state index in [1.54, 1.807) is 7.11 Å². The van der Waals surface area contributed by atoms with Gasteiger partial charge >= 0.3 is 0 Å². The van der Waals surface area contributed by atoms with E-state index in [1.807, 2.05) is 97.1 Å². The summed E-state index contributed by atoms with van der Waals surface area (Å²) >= 11 is 0. The first-order chi connectivity index (χ1) is 27.7. The molecule has 2 fully saturated rings. The largest absolute Gasteiger partial charge is 0.394 e. The SMILES string of the molecule is CO[C@@H]1O[C@H](COCC2=C[C@@H](CO[C@@H]3O[C@H](CO)[C@H](O)[C@H](O)[C@H]3O)[C@H](C(C)=O)CC2)[C@@H](OCc2ccccc2)[C@H](OCc2ccccc2)[C@H]1OCc1ccccc1. The Morgan fingerprint density at radius 1 is 0.649 bits per heavy atom. The molecule has 0 saturated carbocycles. The zero-order valence-corrected chi connectivity index (χ0v) is 32.5. The molecule has 12 atom stereocenters. The third-order valence-electron chi connectivity index (χ3n) is 10.8. The van der Waals surface area contributed by atoms with Gasteiger partial charge in [0.05, 0.1) is 46.2 Å². The van der Waals surface area contributed by atoms with Crippen molar-refractivity contribution in [3.05, 3.63) is 119 Å². The number of methoxy groups -OCH3 is 1. The molecule has 0 radical (unpaired) electrons. The van der Waals surface area contributed by atoms with Crippen molar-refractivity contribution in [3.8, 4) is 0 Å². The number of rotatable bonds is 19. The summed E-state index contributed by atoms with van der Waals surface area (Å²) in [4.78, 5) is 12.7. The van der Waals surface area contributed by atoms with E-state index in [0.29, 0.717) is 32.7 Å². The van der Waals surface area contributed by atoms with Gasteiger partial charge in [-0.1, -0.05) is 97.1 Å². The fourth-order valence-electron chi connectivity index (χ4n) is 7.63. The summed E-state index contributed by atoms with van der Waals surface area (Å²) in [5.74, 6) is -0.709. The number of carbonyl (C=O) groups excluding carboxylic acids is 1. The molecule has 0 spiro atoms. The lowest BCUT2D eigenvalue weighted by Crippen LogP contribution is -2.61. The van der Waals surface area contributed by atoms with Crippen LogP contribution in [-0.2, 0) is 62.5 Å². The van der Waals surface area contributed by atoms with Gasteiger partial charge < -0.3 is 58.3 Å². The molecule has 3 aromatic rings. The highest BCUT2D eigenvalue weighted by atomic mass is 16.7. The van der Waals surface area contributed by atoms with E-state index in [1.165, 1.54) is 6.92 Å². The van der Waals surface area contributed by atoms with E-state index in [0.717, 1.165) is 22.3 Å². The summed E-state index contributed by atoms with van der Waals surface area (Å²) in [5, 5.41) is 40.5. The number of aliphatic hydroxyl groups excluding tert-OH is 4. The second-order valence-electron chi connectivity index (χ2n) is 14.9. The van der Waals surface area contributed by atoms with Gasteiger partial charge in [-0.15, -0.1) is 0 Å². The van der Waals surface area contributed by atoms with Crippen LogP contribution in [-0.4, -0.2) is 121 Å². The molecule has 13 nitrogen and oxygen atoms in total. The van der Waals surface area contributed by atoms with Crippen LogP contribution in [0.3, 0.4) is 0 Å². The van der Waals surface area contributed by atoms with Crippen molar-refractivity contribution in [3.63, 3.8) is 0 Å². The van der Waals surface area contributed by atoms with E-state index in [2.05, 4.69) is 0 Å².